The Balaban J connectivity index is 1.82. The number of nitrogens with one attached hydrogen (secondary N) is 3. The van der Waals surface area contributed by atoms with Gasteiger partial charge in [0.05, 0.1) is 26.3 Å². The predicted molar refractivity (Wildman–Crippen MR) is 95.7 cm³/mol. The van der Waals surface area contributed by atoms with E-state index in [9.17, 15) is 4.79 Å². The van der Waals surface area contributed by atoms with E-state index in [-0.39, 0.29) is 24.0 Å². The van der Waals surface area contributed by atoms with E-state index in [4.69, 9.17) is 9.47 Å². The van der Waals surface area contributed by atoms with Gasteiger partial charge in [-0.3, -0.25) is 10.2 Å². The molecule has 3 unspecified atom stereocenters. The van der Waals surface area contributed by atoms with Gasteiger partial charge in [0, 0.05) is 11.6 Å². The standard InChI is InChI=1S/C19H23N3O3/c1-12-17(20-19(23)13-7-5-4-6-8-13)18(22-21-12)14-9-10-15(24-2)16(11-14)25-3/h4-12,17-18,21-22H,1-3H3,(H,20,23). The number of hydrazine groups is 1. The molecule has 2 aromatic rings. The molecule has 2 aromatic carbocycles. The second-order valence-electron chi connectivity index (χ2n) is 6.03. The van der Waals surface area contributed by atoms with Gasteiger partial charge in [-0.15, -0.1) is 0 Å². The lowest BCUT2D eigenvalue weighted by molar-refractivity contribution is 0.0930. The Morgan fingerprint density at radius 1 is 1.00 bits per heavy atom. The Bertz CT molecular complexity index is 736. The molecule has 0 saturated carbocycles. The molecule has 0 radical (unpaired) electrons. The van der Waals surface area contributed by atoms with Gasteiger partial charge in [0.25, 0.3) is 5.91 Å². The lowest BCUT2D eigenvalue weighted by Crippen LogP contribution is -2.44. The Morgan fingerprint density at radius 3 is 2.40 bits per heavy atom. The molecule has 3 atom stereocenters. The zero-order chi connectivity index (χ0) is 17.8. The lowest BCUT2D eigenvalue weighted by Gasteiger charge is -2.23. The van der Waals surface area contributed by atoms with Crippen LogP contribution in [-0.4, -0.2) is 32.2 Å². The first-order valence-electron chi connectivity index (χ1n) is 8.23. The summed E-state index contributed by atoms with van der Waals surface area (Å²) in [5, 5.41) is 3.12. The van der Waals surface area contributed by atoms with Crippen molar-refractivity contribution in [3.05, 3.63) is 59.7 Å². The Labute approximate surface area is 147 Å². The third-order valence-electron chi connectivity index (χ3n) is 4.46. The average Bonchev–Trinajstić information content (AvgIpc) is 3.02. The Kier molecular flexibility index (Phi) is 5.21. The van der Waals surface area contributed by atoms with Gasteiger partial charge in [0.15, 0.2) is 11.5 Å². The van der Waals surface area contributed by atoms with Crippen LogP contribution < -0.4 is 25.6 Å². The highest BCUT2D eigenvalue weighted by atomic mass is 16.5. The summed E-state index contributed by atoms with van der Waals surface area (Å²) in [4.78, 5) is 12.5. The average molecular weight is 341 g/mol. The second kappa shape index (κ2) is 7.55. The number of ether oxygens (including phenoxy) is 2. The van der Waals surface area contributed by atoms with Gasteiger partial charge in [-0.2, -0.15) is 0 Å². The zero-order valence-corrected chi connectivity index (χ0v) is 14.6. The van der Waals surface area contributed by atoms with Gasteiger partial charge < -0.3 is 14.8 Å². The van der Waals surface area contributed by atoms with E-state index in [0.717, 1.165) is 5.56 Å². The molecular weight excluding hydrogens is 318 g/mol. The van der Waals surface area contributed by atoms with E-state index >= 15 is 0 Å². The molecule has 1 amide bonds. The summed E-state index contributed by atoms with van der Waals surface area (Å²) in [6, 6.07) is 14.9. The molecule has 1 saturated heterocycles. The van der Waals surface area contributed by atoms with Crippen molar-refractivity contribution in [3.8, 4) is 11.5 Å². The maximum Gasteiger partial charge on any atom is 0.251 e. The first kappa shape index (κ1) is 17.3. The predicted octanol–water partition coefficient (Wildman–Crippen LogP) is 2.04. The molecule has 6 nitrogen and oxygen atoms in total. The minimum atomic E-state index is -0.106. The normalized spacial score (nSPS) is 22.4. The van der Waals surface area contributed by atoms with Gasteiger partial charge in [-0.1, -0.05) is 24.3 Å². The van der Waals surface area contributed by atoms with Crippen LogP contribution >= 0.6 is 0 Å². The smallest absolute Gasteiger partial charge is 0.251 e. The minimum Gasteiger partial charge on any atom is -0.493 e. The van der Waals surface area contributed by atoms with Gasteiger partial charge in [-0.05, 0) is 36.8 Å². The SMILES string of the molecule is COc1ccc(C2NNC(C)C2NC(=O)c2ccccc2)cc1OC. The molecule has 0 aliphatic carbocycles. The highest BCUT2D eigenvalue weighted by molar-refractivity contribution is 5.94. The van der Waals surface area contributed by atoms with E-state index in [2.05, 4.69) is 16.2 Å². The van der Waals surface area contributed by atoms with Crippen LogP contribution in [0.5, 0.6) is 11.5 Å². The summed E-state index contributed by atoms with van der Waals surface area (Å²) in [7, 11) is 3.22. The fraction of sp³-hybridized carbons (Fsp3) is 0.316. The molecule has 3 N–H and O–H groups in total. The molecule has 0 bridgehead atoms. The van der Waals surface area contributed by atoms with Gasteiger partial charge >= 0.3 is 0 Å². The number of hydrogen-bond acceptors (Lipinski definition) is 5. The largest absolute Gasteiger partial charge is 0.493 e. The van der Waals surface area contributed by atoms with E-state index in [1.165, 1.54) is 0 Å². The molecule has 3 rings (SSSR count). The maximum absolute atomic E-state index is 12.5. The van der Waals surface area contributed by atoms with Crippen molar-refractivity contribution in [2.24, 2.45) is 0 Å². The van der Waals surface area contributed by atoms with Crippen molar-refractivity contribution >= 4 is 5.91 Å². The van der Waals surface area contributed by atoms with Crippen LogP contribution in [0.15, 0.2) is 48.5 Å². The van der Waals surface area contributed by atoms with E-state index in [1.807, 2.05) is 43.3 Å². The monoisotopic (exact) mass is 341 g/mol. The fourth-order valence-electron chi connectivity index (χ4n) is 3.06. The van der Waals surface area contributed by atoms with Gasteiger partial charge in [0.2, 0.25) is 0 Å². The topological polar surface area (TPSA) is 71.6 Å². The van der Waals surface area contributed by atoms with E-state index < -0.39 is 0 Å². The van der Waals surface area contributed by atoms with Crippen LogP contribution in [0.4, 0.5) is 0 Å². The van der Waals surface area contributed by atoms with Crippen LogP contribution in [-0.2, 0) is 0 Å². The molecule has 6 heteroatoms. The summed E-state index contributed by atoms with van der Waals surface area (Å²) < 4.78 is 10.7. The summed E-state index contributed by atoms with van der Waals surface area (Å²) in [6.45, 7) is 2.03. The molecule has 1 heterocycles. The van der Waals surface area contributed by atoms with Crippen molar-refractivity contribution < 1.29 is 14.3 Å². The lowest BCUT2D eigenvalue weighted by atomic mass is 9.96. The van der Waals surface area contributed by atoms with Crippen molar-refractivity contribution in [3.63, 3.8) is 0 Å². The highest BCUT2D eigenvalue weighted by Gasteiger charge is 2.35. The van der Waals surface area contributed by atoms with E-state index in [0.29, 0.717) is 17.1 Å². The molecule has 132 valence electrons. The highest BCUT2D eigenvalue weighted by Crippen LogP contribution is 2.32. The van der Waals surface area contributed by atoms with Crippen molar-refractivity contribution in [1.29, 1.82) is 0 Å². The Hall–Kier alpha value is -2.57. The van der Waals surface area contributed by atoms with Gasteiger partial charge in [0.1, 0.15) is 0 Å². The fourth-order valence-corrected chi connectivity index (χ4v) is 3.06. The van der Waals surface area contributed by atoms with E-state index in [1.54, 1.807) is 26.4 Å². The van der Waals surface area contributed by atoms with Crippen LogP contribution in [0.25, 0.3) is 0 Å². The molecule has 1 fully saturated rings. The summed E-state index contributed by atoms with van der Waals surface area (Å²) >= 11 is 0. The number of rotatable bonds is 5. The molecule has 1 aliphatic rings. The maximum atomic E-state index is 12.5. The van der Waals surface area contributed by atoms with Crippen molar-refractivity contribution in [2.75, 3.05) is 14.2 Å². The molecule has 0 aromatic heterocycles. The number of hydrogen-bond donors (Lipinski definition) is 3. The third kappa shape index (κ3) is 3.60. The number of amides is 1. The van der Waals surface area contributed by atoms with Gasteiger partial charge in [-0.25, -0.2) is 5.43 Å². The first-order chi connectivity index (χ1) is 12.1. The number of carbonyl (C=O) groups is 1. The van der Waals surface area contributed by atoms with Crippen LogP contribution in [0.3, 0.4) is 0 Å². The van der Waals surface area contributed by atoms with Crippen molar-refractivity contribution in [1.82, 2.24) is 16.2 Å². The minimum absolute atomic E-state index is 0.0748. The van der Waals surface area contributed by atoms with Crippen LogP contribution in [0.2, 0.25) is 0 Å². The number of methoxy groups -OCH3 is 2. The summed E-state index contributed by atoms with van der Waals surface area (Å²) in [5.74, 6) is 1.25. The summed E-state index contributed by atoms with van der Waals surface area (Å²) in [5.41, 5.74) is 8.11. The second-order valence-corrected chi connectivity index (χ2v) is 6.03. The number of benzene rings is 2. The molecule has 25 heavy (non-hydrogen) atoms. The summed E-state index contributed by atoms with van der Waals surface area (Å²) in [6.07, 6.45) is 0. The molecular formula is C19H23N3O3. The first-order valence-corrected chi connectivity index (χ1v) is 8.23. The van der Waals surface area contributed by atoms with Crippen LogP contribution in [0.1, 0.15) is 28.9 Å². The zero-order valence-electron chi connectivity index (χ0n) is 14.6. The van der Waals surface area contributed by atoms with Crippen LogP contribution in [0, 0.1) is 0 Å². The number of carbonyl (C=O) groups excluding carboxylic acids is 1. The quantitative estimate of drug-likeness (QED) is 0.776. The molecule has 1 aliphatic heterocycles. The third-order valence-corrected chi connectivity index (χ3v) is 4.46. The van der Waals surface area contributed by atoms with Crippen molar-refractivity contribution in [2.45, 2.75) is 25.0 Å². The molecule has 0 spiro atoms. The Morgan fingerprint density at radius 2 is 1.72 bits per heavy atom.